The van der Waals surface area contributed by atoms with Gasteiger partial charge in [-0.1, -0.05) is 52.1 Å². The molecule has 212 valence electrons. The van der Waals surface area contributed by atoms with Crippen LogP contribution < -0.4 is 9.64 Å². The van der Waals surface area contributed by atoms with Gasteiger partial charge in [-0.05, 0) is 62.1 Å². The number of pyridine rings is 1. The van der Waals surface area contributed by atoms with E-state index in [0.29, 0.717) is 75.3 Å². The van der Waals surface area contributed by atoms with E-state index in [9.17, 15) is 9.90 Å². The molecule has 0 spiro atoms. The molecular formula is C30H26Cl3N3O5. The summed E-state index contributed by atoms with van der Waals surface area (Å²) in [5.41, 5.74) is 1.63. The summed E-state index contributed by atoms with van der Waals surface area (Å²) >= 11 is 19.6. The highest BCUT2D eigenvalue weighted by molar-refractivity contribution is 6.39. The summed E-state index contributed by atoms with van der Waals surface area (Å²) in [4.78, 5) is 17.4. The van der Waals surface area contributed by atoms with Gasteiger partial charge in [-0.25, -0.2) is 9.78 Å². The molecule has 11 heteroatoms. The quantitative estimate of drug-likeness (QED) is 0.212. The van der Waals surface area contributed by atoms with Gasteiger partial charge in [0.05, 0.1) is 31.8 Å². The second kappa shape index (κ2) is 11.2. The third-order valence-electron chi connectivity index (χ3n) is 7.70. The Hall–Kier alpha value is -3.30. The van der Waals surface area contributed by atoms with E-state index in [2.05, 4.69) is 10.1 Å². The van der Waals surface area contributed by atoms with Crippen molar-refractivity contribution < 1.29 is 24.3 Å². The van der Waals surface area contributed by atoms with Gasteiger partial charge in [0.2, 0.25) is 0 Å². The van der Waals surface area contributed by atoms with Gasteiger partial charge >= 0.3 is 5.97 Å². The summed E-state index contributed by atoms with van der Waals surface area (Å²) in [7, 11) is 0. The maximum absolute atomic E-state index is 11.5. The van der Waals surface area contributed by atoms with Crippen LogP contribution in [0.3, 0.4) is 0 Å². The predicted molar refractivity (Wildman–Crippen MR) is 156 cm³/mol. The molecule has 1 aliphatic carbocycles. The minimum Gasteiger partial charge on any atom is -0.489 e. The third kappa shape index (κ3) is 5.62. The Morgan fingerprint density at radius 1 is 1.05 bits per heavy atom. The fourth-order valence-electron chi connectivity index (χ4n) is 5.24. The number of ether oxygens (including phenoxy) is 1. The summed E-state index contributed by atoms with van der Waals surface area (Å²) in [5.74, 6) is 1.28. The Morgan fingerprint density at radius 2 is 1.78 bits per heavy atom. The van der Waals surface area contributed by atoms with Crippen molar-refractivity contribution in [2.24, 2.45) is 0 Å². The number of piperidine rings is 1. The average Bonchev–Trinajstić information content (AvgIpc) is 3.72. The molecule has 1 saturated heterocycles. The summed E-state index contributed by atoms with van der Waals surface area (Å²) in [6.07, 6.45) is 4.26. The van der Waals surface area contributed by atoms with Gasteiger partial charge in [-0.15, -0.1) is 0 Å². The van der Waals surface area contributed by atoms with Gasteiger partial charge in [0, 0.05) is 36.3 Å². The molecule has 3 heterocycles. The summed E-state index contributed by atoms with van der Waals surface area (Å²) < 4.78 is 11.9. The van der Waals surface area contributed by atoms with E-state index >= 15 is 0 Å². The van der Waals surface area contributed by atoms with E-state index in [0.717, 1.165) is 24.2 Å². The molecule has 0 bridgehead atoms. The van der Waals surface area contributed by atoms with Crippen LogP contribution in [0.4, 0.5) is 5.82 Å². The predicted octanol–water partition coefficient (Wildman–Crippen LogP) is 7.34. The zero-order valence-electron chi connectivity index (χ0n) is 21.8. The third-order valence-corrected chi connectivity index (χ3v) is 8.64. The molecule has 0 amide bonds. The lowest BCUT2D eigenvalue weighted by atomic mass is 9.84. The van der Waals surface area contributed by atoms with Crippen molar-refractivity contribution >= 4 is 46.6 Å². The molecule has 2 fully saturated rings. The number of halogens is 3. The lowest BCUT2D eigenvalue weighted by Crippen LogP contribution is -2.43. The molecule has 1 aliphatic heterocycles. The van der Waals surface area contributed by atoms with E-state index in [4.69, 9.17) is 49.2 Å². The van der Waals surface area contributed by atoms with Crippen LogP contribution in [0.5, 0.6) is 5.75 Å². The number of rotatable bonds is 8. The fraction of sp³-hybridized carbons (Fsp3) is 0.300. The first-order valence-corrected chi connectivity index (χ1v) is 14.4. The van der Waals surface area contributed by atoms with Crippen molar-refractivity contribution in [3.63, 3.8) is 0 Å². The average molecular weight is 615 g/mol. The molecule has 8 nitrogen and oxygen atoms in total. The molecule has 0 atom stereocenters. The number of anilines is 1. The van der Waals surface area contributed by atoms with Gasteiger partial charge in [-0.2, -0.15) is 0 Å². The largest absolute Gasteiger partial charge is 0.489 e. The highest BCUT2D eigenvalue weighted by atomic mass is 35.5. The Morgan fingerprint density at radius 3 is 2.39 bits per heavy atom. The molecule has 0 radical (unpaired) electrons. The Labute approximate surface area is 251 Å². The minimum atomic E-state index is -1.12. The SMILES string of the molecule is O=C(O)c1ccc(N2CCC(O)(c3ccc(OCc4c(-c5c(Cl)cccc5Cl)noc4C4CC4)cc3Cl)CC2)nc1. The van der Waals surface area contributed by atoms with Crippen molar-refractivity contribution in [2.45, 2.75) is 43.8 Å². The number of aromatic nitrogens is 2. The lowest BCUT2D eigenvalue weighted by molar-refractivity contribution is 0.0117. The van der Waals surface area contributed by atoms with Gasteiger partial charge in [-0.3, -0.25) is 0 Å². The molecule has 4 aromatic rings. The molecule has 0 unspecified atom stereocenters. The van der Waals surface area contributed by atoms with Crippen molar-refractivity contribution in [3.8, 4) is 17.0 Å². The van der Waals surface area contributed by atoms with Crippen LogP contribution >= 0.6 is 34.8 Å². The standard InChI is InChI=1S/C30H26Cl3N3O5/c31-22-2-1-3-23(32)26(22)27-20(28(41-35-27)17-4-5-17)16-40-19-7-8-21(24(33)14-19)30(39)10-12-36(13-11-30)25-9-6-18(15-34-25)29(37)38/h1-3,6-9,14-15,17,39H,4-5,10-13,16H2,(H,37,38). The van der Waals surface area contributed by atoms with Crippen molar-refractivity contribution in [3.05, 3.63) is 92.2 Å². The van der Waals surface area contributed by atoms with Gasteiger partial charge in [0.1, 0.15) is 29.6 Å². The highest BCUT2D eigenvalue weighted by Crippen LogP contribution is 2.46. The van der Waals surface area contributed by atoms with Crippen LogP contribution in [-0.4, -0.2) is 39.4 Å². The smallest absolute Gasteiger partial charge is 0.337 e. The first-order valence-electron chi connectivity index (χ1n) is 13.3. The number of aliphatic hydroxyl groups is 1. The second-order valence-electron chi connectivity index (χ2n) is 10.4. The molecule has 1 saturated carbocycles. The van der Waals surface area contributed by atoms with Crippen molar-refractivity contribution in [1.82, 2.24) is 10.1 Å². The number of hydrogen-bond donors (Lipinski definition) is 2. The number of nitrogens with zero attached hydrogens (tertiary/aromatic N) is 3. The topological polar surface area (TPSA) is 109 Å². The molecule has 2 N–H and O–H groups in total. The zero-order chi connectivity index (χ0) is 28.7. The second-order valence-corrected chi connectivity index (χ2v) is 11.6. The summed E-state index contributed by atoms with van der Waals surface area (Å²) in [6, 6.07) is 13.8. The van der Waals surface area contributed by atoms with E-state index in [-0.39, 0.29) is 12.2 Å². The molecule has 2 aliphatic rings. The number of carbonyl (C=O) groups is 1. The normalized spacial score (nSPS) is 16.5. The highest BCUT2D eigenvalue weighted by Gasteiger charge is 2.37. The molecule has 6 rings (SSSR count). The van der Waals surface area contributed by atoms with Crippen LogP contribution in [0, 0.1) is 0 Å². The Kier molecular flexibility index (Phi) is 7.59. The maximum atomic E-state index is 11.5. The fourth-order valence-corrected chi connectivity index (χ4v) is 6.16. The van der Waals surface area contributed by atoms with Gasteiger partial charge in [0.25, 0.3) is 0 Å². The Bertz CT molecular complexity index is 1580. The summed E-state index contributed by atoms with van der Waals surface area (Å²) in [6.45, 7) is 1.26. The summed E-state index contributed by atoms with van der Waals surface area (Å²) in [5, 5.41) is 26.3. The van der Waals surface area contributed by atoms with Crippen molar-refractivity contribution in [2.75, 3.05) is 18.0 Å². The van der Waals surface area contributed by atoms with E-state index in [1.54, 1.807) is 42.5 Å². The molecular weight excluding hydrogens is 589 g/mol. The van der Waals surface area contributed by atoms with E-state index in [1.165, 1.54) is 12.3 Å². The van der Waals surface area contributed by atoms with Crippen LogP contribution in [0.1, 0.15) is 58.8 Å². The van der Waals surface area contributed by atoms with Crippen LogP contribution in [0.25, 0.3) is 11.3 Å². The van der Waals surface area contributed by atoms with Gasteiger partial charge in [0.15, 0.2) is 0 Å². The number of hydrogen-bond acceptors (Lipinski definition) is 7. The molecule has 2 aromatic carbocycles. The van der Waals surface area contributed by atoms with E-state index < -0.39 is 11.6 Å². The van der Waals surface area contributed by atoms with Gasteiger partial charge < -0.3 is 24.4 Å². The first kappa shape index (κ1) is 27.8. The maximum Gasteiger partial charge on any atom is 0.337 e. The zero-order valence-corrected chi connectivity index (χ0v) is 24.1. The molecule has 2 aromatic heterocycles. The Balaban J connectivity index is 1.16. The number of aromatic carboxylic acids is 1. The lowest BCUT2D eigenvalue weighted by Gasteiger charge is -2.39. The van der Waals surface area contributed by atoms with Crippen LogP contribution in [-0.2, 0) is 12.2 Å². The van der Waals surface area contributed by atoms with E-state index in [1.807, 2.05) is 4.90 Å². The van der Waals surface area contributed by atoms with Crippen LogP contribution in [0.2, 0.25) is 15.1 Å². The number of carboxylic acids is 1. The number of benzene rings is 2. The minimum absolute atomic E-state index is 0.132. The monoisotopic (exact) mass is 613 g/mol. The first-order chi connectivity index (χ1) is 19.7. The number of carboxylic acid groups (broad SMARTS) is 1. The molecule has 41 heavy (non-hydrogen) atoms. The van der Waals surface area contributed by atoms with Crippen molar-refractivity contribution in [1.29, 1.82) is 0 Å². The van der Waals surface area contributed by atoms with Crippen LogP contribution in [0.15, 0.2) is 59.3 Å².